The van der Waals surface area contributed by atoms with E-state index in [-0.39, 0.29) is 50.6 Å². The van der Waals surface area contributed by atoms with E-state index in [4.69, 9.17) is 23.8 Å². The number of carbonyl (C=O) groups is 2. The van der Waals surface area contributed by atoms with E-state index in [1.54, 1.807) is 24.1 Å². The fourth-order valence-electron chi connectivity index (χ4n) is 9.80. The number of benzene rings is 2. The lowest BCUT2D eigenvalue weighted by molar-refractivity contribution is -0.253. The molecule has 3 N–H and O–H groups in total. The van der Waals surface area contributed by atoms with E-state index >= 15 is 0 Å². The number of carbonyl (C=O) groups excluding carboxylic acids is 2. The maximum absolute atomic E-state index is 14.0. The van der Waals surface area contributed by atoms with Gasteiger partial charge in [-0.3, -0.25) is 0 Å². The van der Waals surface area contributed by atoms with Crippen LogP contribution in [0.25, 0.3) is 0 Å². The Bertz CT molecular complexity index is 1750. The number of hydrogen-bond acceptors (Lipinski definition) is 10. The minimum atomic E-state index is -1.41. The van der Waals surface area contributed by atoms with Crippen molar-refractivity contribution in [1.82, 2.24) is 10.2 Å². The summed E-state index contributed by atoms with van der Waals surface area (Å²) < 4.78 is 25.9. The number of amides is 2. The number of allylic oxidation sites excluding steroid dienone is 1. The number of unbranched alkanes of at least 4 members (excludes halogenated alkanes) is 11. The van der Waals surface area contributed by atoms with Crippen LogP contribution in [-0.4, -0.2) is 85.4 Å². The normalized spacial score (nSPS) is 23.0. The van der Waals surface area contributed by atoms with Gasteiger partial charge in [-0.15, -0.1) is 6.58 Å². The largest absolute Gasteiger partial charge is 0.459 e. The van der Waals surface area contributed by atoms with E-state index in [1.165, 1.54) is 52.1 Å². The van der Waals surface area contributed by atoms with Crippen molar-refractivity contribution in [1.29, 1.82) is 0 Å². The molecule has 6 atom stereocenters. The van der Waals surface area contributed by atoms with Crippen LogP contribution in [0.4, 0.5) is 9.59 Å². The van der Waals surface area contributed by atoms with Crippen LogP contribution in [0.5, 0.6) is 11.5 Å². The molecule has 0 radical (unpaired) electrons. The van der Waals surface area contributed by atoms with Crippen LogP contribution in [-0.2, 0) is 20.9 Å². The maximum Gasteiger partial charge on any atom is 0.412 e. The Labute approximate surface area is 370 Å². The molecular weight excluding hydrogens is 787 g/mol. The number of fused-ring (bicyclic) bond motifs is 2. The van der Waals surface area contributed by atoms with Crippen LogP contribution >= 0.6 is 0 Å². The second-order valence-electron chi connectivity index (χ2n) is 17.1. The van der Waals surface area contributed by atoms with Crippen LogP contribution in [0.3, 0.4) is 0 Å². The first-order valence-electron chi connectivity index (χ1n) is 23.3. The topological polar surface area (TPSA) is 148 Å². The number of rotatable bonds is 27. The minimum absolute atomic E-state index is 0.0293. The third kappa shape index (κ3) is 12.8. The van der Waals surface area contributed by atoms with Crippen molar-refractivity contribution in [2.24, 2.45) is 22.9 Å². The zero-order chi connectivity index (χ0) is 44.2. The lowest BCUT2D eigenvalue weighted by Gasteiger charge is -2.59. The summed E-state index contributed by atoms with van der Waals surface area (Å²) >= 11 is 0. The van der Waals surface area contributed by atoms with Crippen molar-refractivity contribution in [3.63, 3.8) is 0 Å². The Balaban J connectivity index is 1.47. The van der Waals surface area contributed by atoms with Crippen molar-refractivity contribution in [3.05, 3.63) is 84.0 Å². The molecule has 1 saturated carbocycles. The summed E-state index contributed by atoms with van der Waals surface area (Å²) in [6.45, 7) is 7.18. The Morgan fingerprint density at radius 1 is 0.935 bits per heavy atom. The SMILES string of the molecule is C=CCOC12Oc3ccc(OC(=O)NCCCCCCCCCCCC)cc3C3C(CCCCO)C(CCCCO)C=C(C(=NOC)CC1N(C)C(=O)OCc1ccccc1)C32. The zero-order valence-corrected chi connectivity index (χ0v) is 37.6. The summed E-state index contributed by atoms with van der Waals surface area (Å²) in [5.74, 6) is -1.08. The van der Waals surface area contributed by atoms with Gasteiger partial charge in [0.25, 0.3) is 0 Å². The molecule has 12 nitrogen and oxygen atoms in total. The molecule has 2 amide bonds. The molecule has 0 spiro atoms. The number of hydrogen-bond donors (Lipinski definition) is 3. The monoisotopic (exact) mass is 860 g/mol. The standard InChI is InChI=1S/C50H73N3O9/c1-5-7-8-9-10-11-12-13-14-20-29-51-48(56)61-39-27-28-44-42(34-39)46-40(26-19-22-31-55)38(25-18-21-30-54)33-41-43(52-58-4)35-45(50(62-44,47(41)46)60-32-6-2)53(3)49(57)59-36-37-23-16-15-17-24-37/h6,15-17,23-24,27-28,33-34,38,40,45-47,54-55H,2,5,7-14,18-22,25-26,29-32,35-36H2,1,3-4H3,(H,51,56). The molecule has 5 rings (SSSR count). The van der Waals surface area contributed by atoms with Gasteiger partial charge in [-0.25, -0.2) is 9.59 Å². The molecule has 0 bridgehead atoms. The van der Waals surface area contributed by atoms with Crippen molar-refractivity contribution in [3.8, 4) is 11.5 Å². The van der Waals surface area contributed by atoms with Crippen LogP contribution in [0, 0.1) is 17.8 Å². The number of aliphatic hydroxyl groups excluding tert-OH is 2. The van der Waals surface area contributed by atoms with Crippen LogP contribution in [0.15, 0.2) is 78.0 Å². The average molecular weight is 860 g/mol. The van der Waals surface area contributed by atoms with Gasteiger partial charge in [-0.1, -0.05) is 125 Å². The van der Waals surface area contributed by atoms with Gasteiger partial charge < -0.3 is 44.2 Å². The highest BCUT2D eigenvalue weighted by Crippen LogP contribution is 2.61. The minimum Gasteiger partial charge on any atom is -0.459 e. The van der Waals surface area contributed by atoms with Gasteiger partial charge in [0, 0.05) is 44.7 Å². The molecule has 0 saturated heterocycles. The Hall–Kier alpha value is -4.39. The number of nitrogens with zero attached hydrogens (tertiary/aromatic N) is 2. The summed E-state index contributed by atoms with van der Waals surface area (Å²) in [4.78, 5) is 34.3. The summed E-state index contributed by atoms with van der Waals surface area (Å²) in [5.41, 5.74) is 3.33. The predicted molar refractivity (Wildman–Crippen MR) is 242 cm³/mol. The third-order valence-corrected chi connectivity index (χ3v) is 12.8. The smallest absolute Gasteiger partial charge is 0.412 e. The first-order valence-corrected chi connectivity index (χ1v) is 23.3. The zero-order valence-electron chi connectivity index (χ0n) is 37.6. The molecule has 6 unspecified atom stereocenters. The van der Waals surface area contributed by atoms with E-state index in [0.717, 1.165) is 61.6 Å². The number of ether oxygens (including phenoxy) is 4. The van der Waals surface area contributed by atoms with Gasteiger partial charge >= 0.3 is 12.2 Å². The lowest BCUT2D eigenvalue weighted by Crippen LogP contribution is -2.69. The quantitative estimate of drug-likeness (QED) is 0.0454. The first kappa shape index (κ1) is 48.6. The average Bonchev–Trinajstić information content (AvgIpc) is 3.28. The molecule has 12 heteroatoms. The predicted octanol–water partition coefficient (Wildman–Crippen LogP) is 10.2. The molecule has 1 aliphatic heterocycles. The second kappa shape index (κ2) is 25.7. The molecule has 2 aromatic carbocycles. The third-order valence-electron chi connectivity index (χ3n) is 12.8. The van der Waals surface area contributed by atoms with E-state index in [2.05, 4.69) is 30.1 Å². The number of oxime groups is 1. The molecule has 0 aromatic heterocycles. The molecule has 3 aliphatic rings. The summed E-state index contributed by atoms with van der Waals surface area (Å²) in [5, 5.41) is 27.2. The van der Waals surface area contributed by atoms with E-state index in [0.29, 0.717) is 36.6 Å². The van der Waals surface area contributed by atoms with Crippen molar-refractivity contribution >= 4 is 17.9 Å². The molecular formula is C50H73N3O9. The summed E-state index contributed by atoms with van der Waals surface area (Å²) in [7, 11) is 3.22. The molecule has 342 valence electrons. The maximum atomic E-state index is 14.0. The highest BCUT2D eigenvalue weighted by atomic mass is 16.7. The fourth-order valence-corrected chi connectivity index (χ4v) is 9.80. The highest BCUT2D eigenvalue weighted by molar-refractivity contribution is 6.02. The molecule has 1 heterocycles. The van der Waals surface area contributed by atoms with E-state index < -0.39 is 29.9 Å². The Kier molecular flexibility index (Phi) is 20.1. The van der Waals surface area contributed by atoms with Crippen LogP contribution in [0.2, 0.25) is 0 Å². The van der Waals surface area contributed by atoms with Gasteiger partial charge in [0.05, 0.1) is 18.2 Å². The van der Waals surface area contributed by atoms with Crippen molar-refractivity contribution in [2.45, 2.75) is 140 Å². The Morgan fingerprint density at radius 2 is 1.63 bits per heavy atom. The highest BCUT2D eigenvalue weighted by Gasteiger charge is 2.65. The van der Waals surface area contributed by atoms with Gasteiger partial charge in [-0.2, -0.15) is 0 Å². The van der Waals surface area contributed by atoms with Gasteiger partial charge in [-0.05, 0) is 73.3 Å². The number of aliphatic hydroxyl groups is 2. The fraction of sp³-hybridized carbons (Fsp3) is 0.620. The summed E-state index contributed by atoms with van der Waals surface area (Å²) in [6.07, 6.45) is 19.9. The van der Waals surface area contributed by atoms with Crippen LogP contribution in [0.1, 0.15) is 133 Å². The van der Waals surface area contributed by atoms with E-state index in [1.807, 2.05) is 42.5 Å². The molecule has 62 heavy (non-hydrogen) atoms. The van der Waals surface area contributed by atoms with Crippen molar-refractivity contribution < 1.29 is 43.6 Å². The number of nitrogens with one attached hydrogen (secondary N) is 1. The first-order chi connectivity index (χ1) is 30.3. The van der Waals surface area contributed by atoms with Gasteiger partial charge in [0.15, 0.2) is 0 Å². The van der Waals surface area contributed by atoms with Gasteiger partial charge in [0.1, 0.15) is 31.3 Å². The second-order valence-corrected chi connectivity index (χ2v) is 17.1. The molecule has 1 fully saturated rings. The Morgan fingerprint density at radius 3 is 2.31 bits per heavy atom. The molecule has 2 aliphatic carbocycles. The van der Waals surface area contributed by atoms with Gasteiger partial charge in [0.2, 0.25) is 5.79 Å². The summed E-state index contributed by atoms with van der Waals surface area (Å²) in [6, 6.07) is 14.3. The van der Waals surface area contributed by atoms with Crippen molar-refractivity contribution in [2.75, 3.05) is 40.5 Å². The van der Waals surface area contributed by atoms with Crippen LogP contribution < -0.4 is 14.8 Å². The molecule has 2 aromatic rings. The lowest BCUT2D eigenvalue weighted by atomic mass is 9.55. The number of likely N-dealkylation sites (N-methyl/N-ethyl adjacent to an activating group) is 1. The van der Waals surface area contributed by atoms with E-state index in [9.17, 15) is 19.8 Å².